The second-order valence-corrected chi connectivity index (χ2v) is 14.2. The molecule has 0 aromatic carbocycles. The van der Waals surface area contributed by atoms with Crippen molar-refractivity contribution in [2.24, 2.45) is 10.8 Å². The number of carbonyl (C=O) groups is 1. The Bertz CT molecular complexity index is 573. The lowest BCUT2D eigenvalue weighted by atomic mass is 9.87. The molecule has 0 spiro atoms. The van der Waals surface area contributed by atoms with Crippen LogP contribution < -0.4 is 0 Å². The minimum Gasteiger partial charge on any atom is -0.481 e. The van der Waals surface area contributed by atoms with E-state index in [0.717, 1.165) is 36.2 Å². The third-order valence-corrected chi connectivity index (χ3v) is 10.2. The molecule has 0 aromatic rings. The van der Waals surface area contributed by atoms with E-state index < -0.39 is 11.4 Å². The number of hydrogen-bond donors (Lipinski definition) is 2. The van der Waals surface area contributed by atoms with Crippen molar-refractivity contribution < 1.29 is 15.0 Å². The Labute approximate surface area is 199 Å². The van der Waals surface area contributed by atoms with Crippen LogP contribution in [0.5, 0.6) is 0 Å². The van der Waals surface area contributed by atoms with Crippen LogP contribution in [0.2, 0.25) is 0 Å². The number of unbranched alkanes of at least 4 members (excludes halogenated alkanes) is 2. The molecule has 0 radical (unpaired) electrons. The molecule has 2 heterocycles. The van der Waals surface area contributed by atoms with E-state index in [9.17, 15) is 15.0 Å². The van der Waals surface area contributed by atoms with Gasteiger partial charge >= 0.3 is 5.97 Å². The van der Waals surface area contributed by atoms with Crippen molar-refractivity contribution in [2.75, 3.05) is 6.61 Å². The van der Waals surface area contributed by atoms with E-state index in [0.29, 0.717) is 17.1 Å². The molecular weight excluding hydrogens is 424 g/mol. The van der Waals surface area contributed by atoms with Crippen molar-refractivity contribution in [3.63, 3.8) is 0 Å². The smallest absolute Gasteiger partial charge is 0.309 e. The largest absolute Gasteiger partial charge is 0.481 e. The van der Waals surface area contributed by atoms with Crippen LogP contribution in [0.15, 0.2) is 12.2 Å². The van der Waals surface area contributed by atoms with E-state index in [1.54, 1.807) is 0 Å². The van der Waals surface area contributed by atoms with Crippen LogP contribution in [0.3, 0.4) is 0 Å². The van der Waals surface area contributed by atoms with E-state index in [2.05, 4.69) is 49.5 Å². The molecule has 0 amide bonds. The Balaban J connectivity index is 1.56. The van der Waals surface area contributed by atoms with Crippen LogP contribution >= 0.6 is 23.5 Å². The van der Waals surface area contributed by atoms with Gasteiger partial charge in [-0.05, 0) is 70.6 Å². The highest BCUT2D eigenvalue weighted by molar-refractivity contribution is 8.01. The summed E-state index contributed by atoms with van der Waals surface area (Å²) >= 11 is 4.33. The highest BCUT2D eigenvalue weighted by atomic mass is 32.2. The molecule has 2 saturated heterocycles. The summed E-state index contributed by atoms with van der Waals surface area (Å²) in [5.41, 5.74) is -0.499. The molecule has 2 fully saturated rings. The summed E-state index contributed by atoms with van der Waals surface area (Å²) in [6.07, 6.45) is 19.5. The SMILES string of the molecule is CC(C)(CO)CCCCC1CCC(C=CC2CCC(CCCCC(C)(C)C(=O)O)S2)S1. The Morgan fingerprint density at radius 3 is 1.77 bits per heavy atom. The van der Waals surface area contributed by atoms with Crippen molar-refractivity contribution in [1.29, 1.82) is 0 Å². The van der Waals surface area contributed by atoms with Crippen LogP contribution in [-0.2, 0) is 4.79 Å². The fourth-order valence-electron chi connectivity index (χ4n) is 4.52. The van der Waals surface area contributed by atoms with Gasteiger partial charge in [0.05, 0.1) is 5.41 Å². The number of thioether (sulfide) groups is 2. The number of aliphatic carboxylic acids is 1. The van der Waals surface area contributed by atoms with Crippen molar-refractivity contribution in [3.05, 3.63) is 12.2 Å². The molecule has 0 aromatic heterocycles. The fourth-order valence-corrected chi connectivity index (χ4v) is 7.57. The predicted octanol–water partition coefficient (Wildman–Crippen LogP) is 7.32. The summed E-state index contributed by atoms with van der Waals surface area (Å²) in [6, 6.07) is 0. The maximum Gasteiger partial charge on any atom is 0.309 e. The van der Waals surface area contributed by atoms with Gasteiger partial charge in [-0.25, -0.2) is 0 Å². The van der Waals surface area contributed by atoms with E-state index in [1.165, 1.54) is 51.4 Å². The normalized spacial score (nSPS) is 27.4. The Kier molecular flexibility index (Phi) is 11.3. The predicted molar refractivity (Wildman–Crippen MR) is 137 cm³/mol. The van der Waals surface area contributed by atoms with Crippen LogP contribution in [0, 0.1) is 10.8 Å². The molecular formula is C26H46O3S2. The summed E-state index contributed by atoms with van der Waals surface area (Å²) in [4.78, 5) is 11.2. The summed E-state index contributed by atoms with van der Waals surface area (Å²) in [7, 11) is 0. The monoisotopic (exact) mass is 470 g/mol. The van der Waals surface area contributed by atoms with Crippen molar-refractivity contribution in [3.8, 4) is 0 Å². The average Bonchev–Trinajstić information content (AvgIpc) is 3.36. The maximum absolute atomic E-state index is 11.2. The number of rotatable bonds is 14. The molecule has 4 atom stereocenters. The van der Waals surface area contributed by atoms with Gasteiger partial charge in [-0.15, -0.1) is 0 Å². The minimum absolute atomic E-state index is 0.0833. The molecule has 180 valence electrons. The van der Waals surface area contributed by atoms with E-state index in [-0.39, 0.29) is 5.41 Å². The first kappa shape index (κ1) is 27.1. The van der Waals surface area contributed by atoms with Gasteiger partial charge in [0, 0.05) is 27.6 Å². The molecule has 0 saturated carbocycles. The first-order valence-corrected chi connectivity index (χ1v) is 14.3. The van der Waals surface area contributed by atoms with Crippen LogP contribution in [-0.4, -0.2) is 43.8 Å². The quantitative estimate of drug-likeness (QED) is 0.206. The molecule has 5 heteroatoms. The minimum atomic E-state index is -0.675. The van der Waals surface area contributed by atoms with Gasteiger partial charge in [0.15, 0.2) is 0 Å². The van der Waals surface area contributed by atoms with Gasteiger partial charge in [-0.1, -0.05) is 51.7 Å². The molecule has 31 heavy (non-hydrogen) atoms. The number of hydrogen-bond acceptors (Lipinski definition) is 4. The van der Waals surface area contributed by atoms with Crippen molar-refractivity contribution in [2.45, 2.75) is 126 Å². The summed E-state index contributed by atoms with van der Waals surface area (Å²) in [5, 5.41) is 21.6. The molecule has 2 N–H and O–H groups in total. The Hall–Kier alpha value is -0.130. The summed E-state index contributed by atoms with van der Waals surface area (Å²) in [5.74, 6) is -0.675. The van der Waals surface area contributed by atoms with E-state index >= 15 is 0 Å². The van der Waals surface area contributed by atoms with Crippen LogP contribution in [0.25, 0.3) is 0 Å². The zero-order valence-electron chi connectivity index (χ0n) is 20.3. The molecule has 4 unspecified atom stereocenters. The van der Waals surface area contributed by atoms with Crippen molar-refractivity contribution >= 4 is 29.5 Å². The molecule has 3 nitrogen and oxygen atoms in total. The zero-order chi connectivity index (χ0) is 22.9. The number of aliphatic hydroxyl groups excluding tert-OH is 1. The number of carboxylic acid groups (broad SMARTS) is 1. The highest BCUT2D eigenvalue weighted by Gasteiger charge is 2.28. The number of aliphatic hydroxyl groups is 1. The fraction of sp³-hybridized carbons (Fsp3) is 0.885. The average molecular weight is 471 g/mol. The lowest BCUT2D eigenvalue weighted by Crippen LogP contribution is -2.23. The summed E-state index contributed by atoms with van der Waals surface area (Å²) < 4.78 is 0. The van der Waals surface area contributed by atoms with Crippen LogP contribution in [0.4, 0.5) is 0 Å². The third-order valence-electron chi connectivity index (χ3n) is 7.04. The van der Waals surface area contributed by atoms with Gasteiger partial charge in [-0.2, -0.15) is 23.5 Å². The summed E-state index contributed by atoms with van der Waals surface area (Å²) in [6.45, 7) is 8.28. The lowest BCUT2D eigenvalue weighted by molar-refractivity contribution is -0.147. The van der Waals surface area contributed by atoms with E-state index in [4.69, 9.17) is 0 Å². The zero-order valence-corrected chi connectivity index (χ0v) is 21.9. The maximum atomic E-state index is 11.2. The van der Waals surface area contributed by atoms with Crippen molar-refractivity contribution in [1.82, 2.24) is 0 Å². The van der Waals surface area contributed by atoms with Gasteiger partial charge in [0.1, 0.15) is 0 Å². The van der Waals surface area contributed by atoms with Crippen LogP contribution in [0.1, 0.15) is 105 Å². The molecule has 2 aliphatic heterocycles. The first-order chi connectivity index (χ1) is 14.6. The molecule has 2 rings (SSSR count). The standard InChI is InChI=1S/C26H46O3S2/c1-25(2,19-27)17-7-5-9-20-11-13-22(30-20)15-16-23-14-12-21(31-23)10-6-8-18-26(3,4)24(28)29/h15-16,20-23,27H,5-14,17-19H2,1-4H3,(H,28,29). The van der Waals surface area contributed by atoms with Gasteiger partial charge in [-0.3, -0.25) is 4.79 Å². The molecule has 0 bridgehead atoms. The van der Waals surface area contributed by atoms with Gasteiger partial charge in [0.2, 0.25) is 0 Å². The topological polar surface area (TPSA) is 57.5 Å². The number of carboxylic acids is 1. The molecule has 0 aliphatic carbocycles. The lowest BCUT2D eigenvalue weighted by Gasteiger charge is -2.21. The third kappa shape index (κ3) is 10.1. The first-order valence-electron chi connectivity index (χ1n) is 12.4. The van der Waals surface area contributed by atoms with Gasteiger partial charge < -0.3 is 10.2 Å². The Morgan fingerprint density at radius 2 is 1.32 bits per heavy atom. The van der Waals surface area contributed by atoms with Gasteiger partial charge in [0.25, 0.3) is 0 Å². The Morgan fingerprint density at radius 1 is 0.839 bits per heavy atom. The van der Waals surface area contributed by atoms with E-state index in [1.807, 2.05) is 13.8 Å². The molecule has 2 aliphatic rings. The highest BCUT2D eigenvalue weighted by Crippen LogP contribution is 2.40. The second-order valence-electron chi connectivity index (χ2n) is 11.1. The second kappa shape index (κ2) is 12.9.